The summed E-state index contributed by atoms with van der Waals surface area (Å²) < 4.78 is 4.84. The van der Waals surface area contributed by atoms with Crippen LogP contribution in [0, 0.1) is 0 Å². The number of carbonyl (C=O) groups excluding carboxylic acids is 2. The maximum absolute atomic E-state index is 12.3. The second-order valence-electron chi connectivity index (χ2n) is 5.98. The highest BCUT2D eigenvalue weighted by atomic mass is 16.5. The van der Waals surface area contributed by atoms with Gasteiger partial charge in [-0.15, -0.1) is 0 Å². The molecule has 0 spiro atoms. The molecule has 0 aliphatic carbocycles. The molecule has 1 aromatic rings. The van der Waals surface area contributed by atoms with Gasteiger partial charge in [0.05, 0.1) is 0 Å². The van der Waals surface area contributed by atoms with E-state index in [4.69, 9.17) is 4.74 Å². The Morgan fingerprint density at radius 1 is 1.20 bits per heavy atom. The van der Waals surface area contributed by atoms with Gasteiger partial charge in [-0.25, -0.2) is 4.79 Å². The lowest BCUT2D eigenvalue weighted by Gasteiger charge is -2.26. The molecule has 25 heavy (non-hydrogen) atoms. The van der Waals surface area contributed by atoms with Crippen molar-refractivity contribution in [2.24, 2.45) is 0 Å². The SMILES string of the molecule is CCCN(Cc1cc(NC(=O)COC)ccc1N(C)C)C(=O)NCC. The number of benzene rings is 1. The largest absolute Gasteiger partial charge is 0.377 e. The fourth-order valence-electron chi connectivity index (χ4n) is 2.55. The van der Waals surface area contributed by atoms with Gasteiger partial charge in [0, 0.05) is 52.2 Å². The summed E-state index contributed by atoms with van der Waals surface area (Å²) in [6, 6.07) is 5.62. The first kappa shape index (κ1) is 20.8. The normalized spacial score (nSPS) is 10.3. The van der Waals surface area contributed by atoms with E-state index in [1.165, 1.54) is 7.11 Å². The summed E-state index contributed by atoms with van der Waals surface area (Å²) in [6.07, 6.45) is 0.874. The van der Waals surface area contributed by atoms with Crippen molar-refractivity contribution in [2.45, 2.75) is 26.8 Å². The molecule has 7 nitrogen and oxygen atoms in total. The minimum Gasteiger partial charge on any atom is -0.377 e. The van der Waals surface area contributed by atoms with Crippen molar-refractivity contribution < 1.29 is 14.3 Å². The second kappa shape index (κ2) is 10.6. The lowest BCUT2D eigenvalue weighted by molar-refractivity contribution is -0.119. The van der Waals surface area contributed by atoms with E-state index in [2.05, 4.69) is 10.6 Å². The van der Waals surface area contributed by atoms with Crippen LogP contribution in [0.1, 0.15) is 25.8 Å². The Bertz CT molecular complexity index is 575. The standard InChI is InChI=1S/C18H30N4O3/c1-6-10-22(18(24)19-7-2)12-14-11-15(20-17(23)13-25-5)8-9-16(14)21(3)4/h8-9,11H,6-7,10,12-13H2,1-5H3,(H,19,24)(H,20,23). The minimum absolute atomic E-state index is 0.00559. The third-order valence-corrected chi connectivity index (χ3v) is 3.59. The van der Waals surface area contributed by atoms with E-state index in [0.29, 0.717) is 25.3 Å². The quantitative estimate of drug-likeness (QED) is 0.717. The lowest BCUT2D eigenvalue weighted by atomic mass is 10.1. The maximum Gasteiger partial charge on any atom is 0.317 e. The Kier molecular flexibility index (Phi) is 8.77. The molecule has 0 bridgehead atoms. The first-order chi connectivity index (χ1) is 11.9. The number of ether oxygens (including phenoxy) is 1. The van der Waals surface area contributed by atoms with Crippen LogP contribution >= 0.6 is 0 Å². The van der Waals surface area contributed by atoms with Crippen molar-refractivity contribution in [1.82, 2.24) is 10.2 Å². The van der Waals surface area contributed by atoms with Crippen LogP contribution in [-0.2, 0) is 16.1 Å². The number of carbonyl (C=O) groups is 2. The van der Waals surface area contributed by atoms with Gasteiger partial charge in [-0.2, -0.15) is 0 Å². The monoisotopic (exact) mass is 350 g/mol. The number of nitrogens with one attached hydrogen (secondary N) is 2. The van der Waals surface area contributed by atoms with Crippen molar-refractivity contribution in [3.63, 3.8) is 0 Å². The summed E-state index contributed by atoms with van der Waals surface area (Å²) in [4.78, 5) is 27.8. The number of hydrogen-bond donors (Lipinski definition) is 2. The number of nitrogens with zero attached hydrogens (tertiary/aromatic N) is 2. The molecule has 0 unspecified atom stereocenters. The molecular formula is C18H30N4O3. The zero-order chi connectivity index (χ0) is 18.8. The molecule has 140 valence electrons. The molecule has 0 aliphatic heterocycles. The highest BCUT2D eigenvalue weighted by Gasteiger charge is 2.16. The van der Waals surface area contributed by atoms with E-state index in [0.717, 1.165) is 17.7 Å². The van der Waals surface area contributed by atoms with Crippen molar-refractivity contribution in [1.29, 1.82) is 0 Å². The Labute approximate surface area is 150 Å². The molecule has 0 aliphatic rings. The van der Waals surface area contributed by atoms with Crippen LogP contribution in [0.2, 0.25) is 0 Å². The molecule has 0 aromatic heterocycles. The Morgan fingerprint density at radius 2 is 1.92 bits per heavy atom. The molecule has 0 saturated heterocycles. The molecule has 2 N–H and O–H groups in total. The Morgan fingerprint density at radius 3 is 2.48 bits per heavy atom. The van der Waals surface area contributed by atoms with Gasteiger partial charge in [0.25, 0.3) is 0 Å². The Hall–Kier alpha value is -2.28. The van der Waals surface area contributed by atoms with Gasteiger partial charge in [-0.1, -0.05) is 6.92 Å². The number of methoxy groups -OCH3 is 1. The molecule has 7 heteroatoms. The van der Waals surface area contributed by atoms with Gasteiger partial charge in [0.2, 0.25) is 5.91 Å². The predicted molar refractivity (Wildman–Crippen MR) is 101 cm³/mol. The molecule has 0 fully saturated rings. The van der Waals surface area contributed by atoms with Crippen LogP contribution < -0.4 is 15.5 Å². The predicted octanol–water partition coefficient (Wildman–Crippen LogP) is 2.28. The van der Waals surface area contributed by atoms with Crippen LogP contribution in [0.25, 0.3) is 0 Å². The zero-order valence-corrected chi connectivity index (χ0v) is 15.9. The van der Waals surface area contributed by atoms with Crippen molar-refractivity contribution in [2.75, 3.05) is 51.1 Å². The molecule has 1 rings (SSSR count). The van der Waals surface area contributed by atoms with Gasteiger partial charge >= 0.3 is 6.03 Å². The summed E-state index contributed by atoms with van der Waals surface area (Å²) in [6.45, 7) is 5.68. The van der Waals surface area contributed by atoms with Gasteiger partial charge < -0.3 is 25.2 Å². The van der Waals surface area contributed by atoms with Crippen molar-refractivity contribution >= 4 is 23.3 Å². The minimum atomic E-state index is -0.208. The number of rotatable bonds is 9. The van der Waals surface area contributed by atoms with Crippen LogP contribution in [0.3, 0.4) is 0 Å². The number of urea groups is 1. The molecule has 1 aromatic carbocycles. The van der Waals surface area contributed by atoms with Crippen molar-refractivity contribution in [3.8, 4) is 0 Å². The van der Waals surface area contributed by atoms with Gasteiger partial charge in [0.15, 0.2) is 0 Å². The van der Waals surface area contributed by atoms with E-state index in [1.54, 1.807) is 4.90 Å². The third-order valence-electron chi connectivity index (χ3n) is 3.59. The zero-order valence-electron chi connectivity index (χ0n) is 15.9. The number of anilines is 2. The van der Waals surface area contributed by atoms with Crippen LogP contribution in [0.5, 0.6) is 0 Å². The van der Waals surface area contributed by atoms with Gasteiger partial charge in [0.1, 0.15) is 6.61 Å². The Balaban J connectivity index is 3.06. The highest BCUT2D eigenvalue weighted by molar-refractivity contribution is 5.92. The smallest absolute Gasteiger partial charge is 0.317 e. The molecular weight excluding hydrogens is 320 g/mol. The summed E-state index contributed by atoms with van der Waals surface area (Å²) in [5.74, 6) is -0.208. The van der Waals surface area contributed by atoms with Crippen LogP contribution in [-0.4, -0.2) is 57.7 Å². The summed E-state index contributed by atoms with van der Waals surface area (Å²) in [7, 11) is 5.39. The summed E-state index contributed by atoms with van der Waals surface area (Å²) in [5.41, 5.74) is 2.67. The van der Waals surface area contributed by atoms with E-state index in [9.17, 15) is 9.59 Å². The number of amides is 3. The average Bonchev–Trinajstić information content (AvgIpc) is 2.54. The topological polar surface area (TPSA) is 73.9 Å². The number of hydrogen-bond acceptors (Lipinski definition) is 4. The van der Waals surface area contributed by atoms with Gasteiger partial charge in [-0.05, 0) is 37.1 Å². The lowest BCUT2D eigenvalue weighted by Crippen LogP contribution is -2.40. The van der Waals surface area contributed by atoms with Crippen LogP contribution in [0.15, 0.2) is 18.2 Å². The van der Waals surface area contributed by atoms with E-state index >= 15 is 0 Å². The first-order valence-electron chi connectivity index (χ1n) is 8.54. The average molecular weight is 350 g/mol. The van der Waals surface area contributed by atoms with Crippen LogP contribution in [0.4, 0.5) is 16.2 Å². The molecule has 0 atom stereocenters. The fraction of sp³-hybridized carbons (Fsp3) is 0.556. The molecule has 0 radical (unpaired) electrons. The molecule has 0 heterocycles. The fourth-order valence-corrected chi connectivity index (χ4v) is 2.55. The second-order valence-corrected chi connectivity index (χ2v) is 5.98. The van der Waals surface area contributed by atoms with E-state index < -0.39 is 0 Å². The highest BCUT2D eigenvalue weighted by Crippen LogP contribution is 2.24. The first-order valence-corrected chi connectivity index (χ1v) is 8.54. The van der Waals surface area contributed by atoms with E-state index in [-0.39, 0.29) is 18.5 Å². The molecule has 3 amide bonds. The van der Waals surface area contributed by atoms with E-state index in [1.807, 2.05) is 51.0 Å². The van der Waals surface area contributed by atoms with Crippen molar-refractivity contribution in [3.05, 3.63) is 23.8 Å². The molecule has 0 saturated carbocycles. The third kappa shape index (κ3) is 6.62. The summed E-state index contributed by atoms with van der Waals surface area (Å²) >= 11 is 0. The van der Waals surface area contributed by atoms with Gasteiger partial charge in [-0.3, -0.25) is 4.79 Å². The summed E-state index contributed by atoms with van der Waals surface area (Å²) in [5, 5.41) is 5.66. The maximum atomic E-state index is 12.3.